The lowest BCUT2D eigenvalue weighted by molar-refractivity contribution is -0.132. The molecule has 0 radical (unpaired) electrons. The normalized spacial score (nSPS) is 15.9. The largest absolute Gasteiger partial charge is 0.366 e. The zero-order valence-electron chi connectivity index (χ0n) is 16.3. The molecular formula is C20H23F2N3O3S. The van der Waals surface area contributed by atoms with Gasteiger partial charge in [-0.3, -0.25) is 9.10 Å². The average molecular weight is 423 g/mol. The van der Waals surface area contributed by atoms with E-state index < -0.39 is 21.9 Å². The van der Waals surface area contributed by atoms with Crippen molar-refractivity contribution in [3.63, 3.8) is 0 Å². The number of hydrogen-bond acceptors (Lipinski definition) is 4. The van der Waals surface area contributed by atoms with Crippen LogP contribution in [0.15, 0.2) is 48.5 Å². The van der Waals surface area contributed by atoms with Crippen LogP contribution < -0.4 is 9.21 Å². The Kier molecular flexibility index (Phi) is 6.07. The van der Waals surface area contributed by atoms with E-state index in [1.807, 2.05) is 4.90 Å². The van der Waals surface area contributed by atoms with Crippen LogP contribution in [0.25, 0.3) is 0 Å². The minimum absolute atomic E-state index is 0.0957. The molecule has 1 aliphatic heterocycles. The molecule has 0 bridgehead atoms. The molecule has 1 saturated heterocycles. The number of carbonyl (C=O) groups excluding carboxylic acids is 1. The molecule has 1 aliphatic rings. The highest BCUT2D eigenvalue weighted by Gasteiger charge is 2.33. The number of hydrogen-bond donors (Lipinski definition) is 0. The monoisotopic (exact) mass is 423 g/mol. The first-order chi connectivity index (χ1) is 13.7. The van der Waals surface area contributed by atoms with Crippen LogP contribution >= 0.6 is 0 Å². The average Bonchev–Trinajstić information content (AvgIpc) is 2.67. The molecule has 0 spiro atoms. The van der Waals surface area contributed by atoms with Crippen LogP contribution in [0.1, 0.15) is 6.92 Å². The fourth-order valence-corrected chi connectivity index (χ4v) is 4.72. The number of sulfonamides is 1. The molecule has 0 aliphatic carbocycles. The van der Waals surface area contributed by atoms with Gasteiger partial charge >= 0.3 is 0 Å². The van der Waals surface area contributed by atoms with Gasteiger partial charge in [-0.1, -0.05) is 18.2 Å². The number of rotatable bonds is 5. The van der Waals surface area contributed by atoms with E-state index in [-0.39, 0.29) is 17.4 Å². The van der Waals surface area contributed by atoms with E-state index in [4.69, 9.17) is 0 Å². The Morgan fingerprint density at radius 2 is 1.69 bits per heavy atom. The van der Waals surface area contributed by atoms with Crippen molar-refractivity contribution in [2.75, 3.05) is 41.6 Å². The summed E-state index contributed by atoms with van der Waals surface area (Å²) in [5.41, 5.74) is 0.573. The van der Waals surface area contributed by atoms with E-state index in [1.54, 1.807) is 23.1 Å². The summed E-state index contributed by atoms with van der Waals surface area (Å²) in [5, 5.41) is 0. The molecule has 9 heteroatoms. The standard InChI is InChI=1S/C20H23F2N3O3S/c1-15(25(29(2,27)28)17-7-5-6-16(21)14-17)20(26)24-12-10-23(11-13-24)19-9-4-3-8-18(19)22/h3-9,14-15H,10-13H2,1-2H3/t15-/m0/s1. The van der Waals surface area contributed by atoms with Gasteiger partial charge in [0.05, 0.1) is 17.6 Å². The first-order valence-electron chi connectivity index (χ1n) is 9.21. The van der Waals surface area contributed by atoms with Gasteiger partial charge in [-0.05, 0) is 37.3 Å². The third kappa shape index (κ3) is 4.67. The molecule has 2 aromatic rings. The van der Waals surface area contributed by atoms with Crippen molar-refractivity contribution < 1.29 is 22.0 Å². The molecule has 3 rings (SSSR count). The Hall–Kier alpha value is -2.68. The highest BCUT2D eigenvalue weighted by molar-refractivity contribution is 7.92. The molecule has 2 aromatic carbocycles. The third-order valence-electron chi connectivity index (χ3n) is 4.91. The minimum atomic E-state index is -3.82. The summed E-state index contributed by atoms with van der Waals surface area (Å²) in [6.07, 6.45) is 0.984. The Morgan fingerprint density at radius 3 is 2.28 bits per heavy atom. The van der Waals surface area contributed by atoms with Crippen molar-refractivity contribution in [1.29, 1.82) is 0 Å². The Balaban J connectivity index is 1.75. The zero-order chi connectivity index (χ0) is 21.2. The number of benzene rings is 2. The molecule has 0 N–H and O–H groups in total. The second kappa shape index (κ2) is 8.36. The van der Waals surface area contributed by atoms with Crippen LogP contribution in [0, 0.1) is 11.6 Å². The van der Waals surface area contributed by atoms with Gasteiger partial charge in [-0.15, -0.1) is 0 Å². The van der Waals surface area contributed by atoms with E-state index in [1.165, 1.54) is 31.2 Å². The van der Waals surface area contributed by atoms with Gasteiger partial charge in [0.25, 0.3) is 0 Å². The van der Waals surface area contributed by atoms with Crippen molar-refractivity contribution in [3.05, 3.63) is 60.2 Å². The second-order valence-corrected chi connectivity index (χ2v) is 8.84. The van der Waals surface area contributed by atoms with Gasteiger partial charge in [0.15, 0.2) is 0 Å². The molecule has 0 saturated carbocycles. The summed E-state index contributed by atoms with van der Waals surface area (Å²) in [4.78, 5) is 16.4. The minimum Gasteiger partial charge on any atom is -0.366 e. The molecule has 1 fully saturated rings. The molecule has 6 nitrogen and oxygen atoms in total. The van der Waals surface area contributed by atoms with Gasteiger partial charge in [-0.2, -0.15) is 0 Å². The first kappa shape index (κ1) is 21.0. The highest BCUT2D eigenvalue weighted by Crippen LogP contribution is 2.24. The van der Waals surface area contributed by atoms with Crippen molar-refractivity contribution >= 4 is 27.3 Å². The van der Waals surface area contributed by atoms with Gasteiger partial charge < -0.3 is 9.80 Å². The molecule has 0 unspecified atom stereocenters. The number of halogens is 2. The molecule has 0 aromatic heterocycles. The lowest BCUT2D eigenvalue weighted by atomic mass is 10.2. The SMILES string of the molecule is C[C@@H](C(=O)N1CCN(c2ccccc2F)CC1)N(c1cccc(F)c1)S(C)(=O)=O. The third-order valence-corrected chi connectivity index (χ3v) is 6.16. The van der Waals surface area contributed by atoms with E-state index >= 15 is 0 Å². The Bertz CT molecular complexity index is 992. The van der Waals surface area contributed by atoms with Gasteiger partial charge in [0, 0.05) is 26.2 Å². The summed E-state index contributed by atoms with van der Waals surface area (Å²) >= 11 is 0. The van der Waals surface area contributed by atoms with Crippen LogP contribution in [0.5, 0.6) is 0 Å². The van der Waals surface area contributed by atoms with Crippen LogP contribution in [0.4, 0.5) is 20.2 Å². The lowest BCUT2D eigenvalue weighted by Gasteiger charge is -2.39. The summed E-state index contributed by atoms with van der Waals surface area (Å²) in [6.45, 7) is 3.00. The van der Waals surface area contributed by atoms with E-state index in [0.29, 0.717) is 31.9 Å². The van der Waals surface area contributed by atoms with Crippen molar-refractivity contribution in [2.24, 2.45) is 0 Å². The van der Waals surface area contributed by atoms with E-state index in [0.717, 1.165) is 16.6 Å². The second-order valence-electron chi connectivity index (χ2n) is 6.98. The first-order valence-corrected chi connectivity index (χ1v) is 11.1. The van der Waals surface area contributed by atoms with Crippen LogP contribution in [-0.2, 0) is 14.8 Å². The number of carbonyl (C=O) groups is 1. The molecule has 156 valence electrons. The lowest BCUT2D eigenvalue weighted by Crippen LogP contribution is -2.55. The fraction of sp³-hybridized carbons (Fsp3) is 0.350. The Labute approximate surface area is 169 Å². The fourth-order valence-electron chi connectivity index (χ4n) is 3.56. The molecule has 1 amide bonds. The zero-order valence-corrected chi connectivity index (χ0v) is 17.1. The van der Waals surface area contributed by atoms with Crippen molar-refractivity contribution in [2.45, 2.75) is 13.0 Å². The molecule has 29 heavy (non-hydrogen) atoms. The number of para-hydroxylation sites is 1. The summed E-state index contributed by atoms with van der Waals surface area (Å²) in [6, 6.07) is 10.5. The van der Waals surface area contributed by atoms with Crippen molar-refractivity contribution in [3.8, 4) is 0 Å². The van der Waals surface area contributed by atoms with Crippen molar-refractivity contribution in [1.82, 2.24) is 4.90 Å². The topological polar surface area (TPSA) is 60.9 Å². The maximum Gasteiger partial charge on any atom is 0.246 e. The molecular weight excluding hydrogens is 400 g/mol. The number of anilines is 2. The van der Waals surface area contributed by atoms with Gasteiger partial charge in [-0.25, -0.2) is 17.2 Å². The maximum atomic E-state index is 14.0. The Morgan fingerprint density at radius 1 is 1.03 bits per heavy atom. The van der Waals surface area contributed by atoms with Crippen LogP contribution in [0.2, 0.25) is 0 Å². The summed E-state index contributed by atoms with van der Waals surface area (Å²) < 4.78 is 53.2. The predicted molar refractivity (Wildman–Crippen MR) is 108 cm³/mol. The van der Waals surface area contributed by atoms with Gasteiger partial charge in [0.2, 0.25) is 15.9 Å². The maximum absolute atomic E-state index is 14.0. The number of piperazine rings is 1. The van der Waals surface area contributed by atoms with Crippen LogP contribution in [-0.4, -0.2) is 57.7 Å². The summed E-state index contributed by atoms with van der Waals surface area (Å²) in [7, 11) is -3.82. The van der Waals surface area contributed by atoms with E-state index in [9.17, 15) is 22.0 Å². The smallest absolute Gasteiger partial charge is 0.246 e. The summed E-state index contributed by atoms with van der Waals surface area (Å²) in [5.74, 6) is -1.29. The molecule has 1 atom stereocenters. The van der Waals surface area contributed by atoms with Crippen LogP contribution in [0.3, 0.4) is 0 Å². The van der Waals surface area contributed by atoms with E-state index in [2.05, 4.69) is 0 Å². The number of amides is 1. The number of nitrogens with zero attached hydrogens (tertiary/aromatic N) is 3. The predicted octanol–water partition coefficient (Wildman–Crippen LogP) is 2.47. The quantitative estimate of drug-likeness (QED) is 0.741. The highest BCUT2D eigenvalue weighted by atomic mass is 32.2. The van der Waals surface area contributed by atoms with Gasteiger partial charge in [0.1, 0.15) is 17.7 Å². The molecule has 1 heterocycles.